The number of aromatic amines is 1. The minimum absolute atomic E-state index is 0.0194. The van der Waals surface area contributed by atoms with E-state index in [4.69, 9.17) is 32.2 Å². The quantitative estimate of drug-likeness (QED) is 0.175. The minimum atomic E-state index is -2.29. The number of amides is 2. The lowest BCUT2D eigenvalue weighted by molar-refractivity contribution is -0.123. The molecule has 2 atom stereocenters. The maximum absolute atomic E-state index is 15.3. The molecule has 3 aliphatic rings. The van der Waals surface area contributed by atoms with Gasteiger partial charge < -0.3 is 35.9 Å². The zero-order chi connectivity index (χ0) is 35.2. The van der Waals surface area contributed by atoms with E-state index in [-0.39, 0.29) is 63.5 Å². The molecular formula is C34H31ClF2N6O6. The average Bonchev–Trinajstić information content (AvgIpc) is 3.85. The highest BCUT2D eigenvalue weighted by Gasteiger charge is 2.46. The second-order valence-corrected chi connectivity index (χ2v) is 12.6. The molecule has 2 aromatic heterocycles. The van der Waals surface area contributed by atoms with E-state index in [1.807, 2.05) is 0 Å². The smallest absolute Gasteiger partial charge is 0.251 e. The zero-order valence-electron chi connectivity index (χ0n) is 26.2. The normalized spacial score (nSPS) is 20.4. The number of aromatic nitrogens is 2. The Balaban J connectivity index is 1.47. The standard InChI is InChI=1S/C34H31ClF2N6O6/c1-33(32(39)46)15-49-30-21(33)11-26(43-29(30)20-10-22(35)24(37)12-23(20)36)34(47,18-5-6-40-27(44)9-18)14-42-31(45)16-7-17(13-41-19-3-4-19)28(38)25(8-16)48-2/h5-13,19,38,41,47H,3-4,14-15H2,1-2H3,(H2,39,46)(H,40,44)(H,42,45)/b17-13-,38-28?/t33-,34+/m0/s1. The molecule has 7 N–H and O–H groups in total. The predicted octanol–water partition coefficient (Wildman–Crippen LogP) is 2.98. The van der Waals surface area contributed by atoms with Crippen molar-refractivity contribution in [2.45, 2.75) is 36.8 Å². The van der Waals surface area contributed by atoms with Gasteiger partial charge in [-0.2, -0.15) is 0 Å². The molecule has 254 valence electrons. The van der Waals surface area contributed by atoms with Crippen LogP contribution in [0.25, 0.3) is 11.3 Å². The number of carbonyl (C=O) groups excluding carboxylic acids is 2. The number of H-pyrrole nitrogens is 1. The van der Waals surface area contributed by atoms with Crippen molar-refractivity contribution >= 4 is 29.1 Å². The third-order valence-corrected chi connectivity index (χ3v) is 9.02. The van der Waals surface area contributed by atoms with Crippen molar-refractivity contribution in [3.05, 3.63) is 116 Å². The van der Waals surface area contributed by atoms with E-state index in [0.717, 1.165) is 25.0 Å². The van der Waals surface area contributed by atoms with Gasteiger partial charge in [0.25, 0.3) is 5.91 Å². The SMILES string of the molecule is COC1=CC(C(=O)NC[C@@](O)(c2cc[nH]c(=O)c2)c2cc3c(c(-c4cc(Cl)c(F)cc4F)n2)OC[C@]3(C)C(N)=O)=C/C(=C/NC2CC2)C1=N. The Morgan fingerprint density at radius 2 is 2.02 bits per heavy atom. The summed E-state index contributed by atoms with van der Waals surface area (Å²) in [6, 6.07) is 5.65. The van der Waals surface area contributed by atoms with Gasteiger partial charge in [0.1, 0.15) is 52.2 Å². The largest absolute Gasteiger partial charge is 0.494 e. The second-order valence-electron chi connectivity index (χ2n) is 12.2. The van der Waals surface area contributed by atoms with Crippen molar-refractivity contribution in [2.75, 3.05) is 20.3 Å². The number of pyridine rings is 2. The number of aliphatic hydroxyl groups is 1. The van der Waals surface area contributed by atoms with Crippen LogP contribution in [0.15, 0.2) is 76.6 Å². The molecule has 0 unspecified atom stereocenters. The summed E-state index contributed by atoms with van der Waals surface area (Å²) in [5.74, 6) is -3.47. The van der Waals surface area contributed by atoms with E-state index in [0.29, 0.717) is 11.6 Å². The highest BCUT2D eigenvalue weighted by Crippen LogP contribution is 2.47. The number of carbonyl (C=O) groups is 2. The molecule has 3 heterocycles. The predicted molar refractivity (Wildman–Crippen MR) is 175 cm³/mol. The number of primary amides is 1. The number of halogens is 3. The molecule has 0 saturated heterocycles. The Morgan fingerprint density at radius 3 is 2.69 bits per heavy atom. The first-order valence-corrected chi connectivity index (χ1v) is 15.5. The first kappa shape index (κ1) is 33.6. The van der Waals surface area contributed by atoms with Crippen LogP contribution in [0.5, 0.6) is 5.75 Å². The number of hydrogen-bond donors (Lipinski definition) is 6. The molecular weight excluding hydrogens is 662 g/mol. The number of allylic oxidation sites excluding steroid dienone is 2. The van der Waals surface area contributed by atoms with Gasteiger partial charge in [-0.1, -0.05) is 11.6 Å². The summed E-state index contributed by atoms with van der Waals surface area (Å²) in [5, 5.41) is 26.3. The maximum Gasteiger partial charge on any atom is 0.251 e. The number of nitrogens with one attached hydrogen (secondary N) is 4. The van der Waals surface area contributed by atoms with Crippen LogP contribution in [0.1, 0.15) is 36.6 Å². The fourth-order valence-corrected chi connectivity index (χ4v) is 5.70. The van der Waals surface area contributed by atoms with Crippen LogP contribution in [-0.2, 0) is 25.3 Å². The van der Waals surface area contributed by atoms with E-state index in [2.05, 4.69) is 20.6 Å². The van der Waals surface area contributed by atoms with Gasteiger partial charge in [-0.25, -0.2) is 13.8 Å². The third kappa shape index (κ3) is 6.20. The first-order valence-electron chi connectivity index (χ1n) is 15.1. The number of nitrogens with zero attached hydrogens (tertiary/aromatic N) is 1. The van der Waals surface area contributed by atoms with E-state index >= 15 is 4.39 Å². The van der Waals surface area contributed by atoms with Gasteiger partial charge in [0.05, 0.1) is 24.4 Å². The number of ether oxygens (including phenoxy) is 2. The van der Waals surface area contributed by atoms with Gasteiger partial charge in [0.15, 0.2) is 0 Å². The fourth-order valence-electron chi connectivity index (χ4n) is 5.54. The maximum atomic E-state index is 15.3. The minimum Gasteiger partial charge on any atom is -0.494 e. The van der Waals surface area contributed by atoms with Crippen LogP contribution >= 0.6 is 11.6 Å². The van der Waals surface area contributed by atoms with Crippen LogP contribution < -0.4 is 26.7 Å². The Morgan fingerprint density at radius 1 is 1.27 bits per heavy atom. The summed E-state index contributed by atoms with van der Waals surface area (Å²) in [6.45, 7) is 0.647. The van der Waals surface area contributed by atoms with Crippen molar-refractivity contribution in [1.29, 1.82) is 5.41 Å². The van der Waals surface area contributed by atoms with E-state index in [1.54, 1.807) is 6.20 Å². The number of benzene rings is 1. The van der Waals surface area contributed by atoms with Crippen molar-refractivity contribution in [3.8, 4) is 17.0 Å². The zero-order valence-corrected chi connectivity index (χ0v) is 27.0. The molecule has 0 radical (unpaired) electrons. The first-order chi connectivity index (χ1) is 23.2. The number of methoxy groups -OCH3 is 1. The molecule has 0 bridgehead atoms. The highest BCUT2D eigenvalue weighted by atomic mass is 35.5. The van der Waals surface area contributed by atoms with Gasteiger partial charge in [0.2, 0.25) is 11.5 Å². The van der Waals surface area contributed by atoms with Crippen LogP contribution in [0.3, 0.4) is 0 Å². The monoisotopic (exact) mass is 692 g/mol. The molecule has 0 spiro atoms. The van der Waals surface area contributed by atoms with Crippen molar-refractivity contribution < 1.29 is 33.0 Å². The molecule has 12 nitrogen and oxygen atoms in total. The van der Waals surface area contributed by atoms with Gasteiger partial charge in [-0.05, 0) is 55.7 Å². The molecule has 1 aliphatic heterocycles. The third-order valence-electron chi connectivity index (χ3n) is 8.73. The van der Waals surface area contributed by atoms with Crippen LogP contribution in [0.4, 0.5) is 8.78 Å². The van der Waals surface area contributed by atoms with Crippen LogP contribution in [-0.4, -0.2) is 58.9 Å². The molecule has 15 heteroatoms. The summed E-state index contributed by atoms with van der Waals surface area (Å²) >= 11 is 6.01. The van der Waals surface area contributed by atoms with Crippen LogP contribution in [0.2, 0.25) is 5.02 Å². The molecule has 1 saturated carbocycles. The van der Waals surface area contributed by atoms with E-state index < -0.39 is 51.6 Å². The Hall–Kier alpha value is -5.34. The summed E-state index contributed by atoms with van der Waals surface area (Å²) in [6.07, 6.45) is 7.77. The molecule has 2 aliphatic carbocycles. The fraction of sp³-hybridized carbons (Fsp3) is 0.265. The topological polar surface area (TPSA) is 193 Å². The van der Waals surface area contributed by atoms with Gasteiger partial charge >= 0.3 is 0 Å². The van der Waals surface area contributed by atoms with Gasteiger partial charge in [-0.3, -0.25) is 19.8 Å². The lowest BCUT2D eigenvalue weighted by atomic mass is 9.80. The molecule has 49 heavy (non-hydrogen) atoms. The van der Waals surface area contributed by atoms with Crippen molar-refractivity contribution in [2.24, 2.45) is 5.73 Å². The Labute approximate surface area is 283 Å². The lowest BCUT2D eigenvalue weighted by Crippen LogP contribution is -2.44. The summed E-state index contributed by atoms with van der Waals surface area (Å²) in [7, 11) is 1.37. The summed E-state index contributed by atoms with van der Waals surface area (Å²) in [5.41, 5.74) is 1.32. The second kappa shape index (κ2) is 12.6. The molecule has 1 aromatic carbocycles. The van der Waals surface area contributed by atoms with Crippen molar-refractivity contribution in [3.63, 3.8) is 0 Å². The number of fused-ring (bicyclic) bond motifs is 1. The molecule has 3 aromatic rings. The van der Waals surface area contributed by atoms with Gasteiger partial charge in [-0.15, -0.1) is 0 Å². The molecule has 1 fully saturated rings. The average molecular weight is 693 g/mol. The number of nitrogens with two attached hydrogens (primary N) is 1. The van der Waals surface area contributed by atoms with E-state index in [1.165, 1.54) is 44.5 Å². The van der Waals surface area contributed by atoms with Gasteiger partial charge in [0, 0.05) is 52.8 Å². The lowest BCUT2D eigenvalue weighted by Gasteiger charge is -2.30. The summed E-state index contributed by atoms with van der Waals surface area (Å²) < 4.78 is 40.6. The summed E-state index contributed by atoms with van der Waals surface area (Å²) in [4.78, 5) is 45.8. The van der Waals surface area contributed by atoms with E-state index in [9.17, 15) is 23.9 Å². The number of rotatable bonds is 10. The highest BCUT2D eigenvalue weighted by molar-refractivity contribution is 6.31. The molecule has 6 rings (SSSR count). The molecule has 2 amide bonds. The van der Waals surface area contributed by atoms with Crippen LogP contribution in [0, 0.1) is 17.0 Å². The van der Waals surface area contributed by atoms with Crippen molar-refractivity contribution in [1.82, 2.24) is 20.6 Å². The Kier molecular flexibility index (Phi) is 8.63. The Bertz CT molecular complexity index is 2080. The number of hydrogen-bond acceptors (Lipinski definition) is 9.